The van der Waals surface area contributed by atoms with Crippen molar-refractivity contribution in [2.45, 2.75) is 20.8 Å². The summed E-state index contributed by atoms with van der Waals surface area (Å²) in [7, 11) is 0. The standard InChI is InChI=1S/C31H24/c1-21-19-22(2)25(23(3)20-21)17-18-28-26-13-7-9-15-29(26)31(24-11-5-4-6-12-24)30-16-10-8-14-27(28)30/h4-16,19-20H,1-3H3. The molecule has 0 aromatic heterocycles. The van der Waals surface area contributed by atoms with Crippen molar-refractivity contribution in [2.24, 2.45) is 0 Å². The number of benzene rings is 5. The summed E-state index contributed by atoms with van der Waals surface area (Å²) in [5.41, 5.74) is 8.50. The van der Waals surface area contributed by atoms with Crippen LogP contribution >= 0.6 is 0 Å². The van der Waals surface area contributed by atoms with Gasteiger partial charge in [-0.15, -0.1) is 0 Å². The lowest BCUT2D eigenvalue weighted by Gasteiger charge is -2.14. The Kier molecular flexibility index (Phi) is 4.81. The van der Waals surface area contributed by atoms with Crippen LogP contribution in [0.5, 0.6) is 0 Å². The second-order valence-corrected chi connectivity index (χ2v) is 8.23. The summed E-state index contributed by atoms with van der Waals surface area (Å²) in [4.78, 5) is 0. The summed E-state index contributed by atoms with van der Waals surface area (Å²) in [5.74, 6) is 7.10. The minimum atomic E-state index is 1.10. The van der Waals surface area contributed by atoms with Gasteiger partial charge in [0, 0.05) is 11.1 Å². The van der Waals surface area contributed by atoms with Crippen LogP contribution in [0.3, 0.4) is 0 Å². The Bertz CT molecular complexity index is 1410. The van der Waals surface area contributed by atoms with Crippen molar-refractivity contribution < 1.29 is 0 Å². The van der Waals surface area contributed by atoms with Gasteiger partial charge in [0.05, 0.1) is 0 Å². The fourth-order valence-corrected chi connectivity index (χ4v) is 4.68. The van der Waals surface area contributed by atoms with E-state index in [0.717, 1.165) is 11.1 Å². The number of fused-ring (bicyclic) bond motifs is 2. The van der Waals surface area contributed by atoms with Gasteiger partial charge in [0.1, 0.15) is 0 Å². The topological polar surface area (TPSA) is 0 Å². The largest absolute Gasteiger partial charge is 0.0622 e. The minimum Gasteiger partial charge on any atom is -0.0622 e. The maximum absolute atomic E-state index is 3.58. The van der Waals surface area contributed by atoms with E-state index < -0.39 is 0 Å². The molecule has 0 atom stereocenters. The first-order valence-electron chi connectivity index (χ1n) is 10.7. The van der Waals surface area contributed by atoms with E-state index in [2.05, 4.69) is 124 Å². The summed E-state index contributed by atoms with van der Waals surface area (Å²) in [6.07, 6.45) is 0. The maximum atomic E-state index is 3.58. The highest BCUT2D eigenvalue weighted by molar-refractivity contribution is 6.16. The molecule has 0 N–H and O–H groups in total. The van der Waals surface area contributed by atoms with Crippen LogP contribution in [0, 0.1) is 32.6 Å². The third-order valence-electron chi connectivity index (χ3n) is 5.98. The van der Waals surface area contributed by atoms with Crippen LogP contribution in [0.15, 0.2) is 91.0 Å². The summed E-state index contributed by atoms with van der Waals surface area (Å²) < 4.78 is 0. The van der Waals surface area contributed by atoms with E-state index in [0.29, 0.717) is 0 Å². The number of rotatable bonds is 1. The van der Waals surface area contributed by atoms with Crippen LogP contribution in [0.1, 0.15) is 27.8 Å². The Hall–Kier alpha value is -3.82. The van der Waals surface area contributed by atoms with Gasteiger partial charge in [-0.3, -0.25) is 0 Å². The molecule has 0 radical (unpaired) electrons. The molecule has 148 valence electrons. The average Bonchev–Trinajstić information content (AvgIpc) is 2.78. The van der Waals surface area contributed by atoms with Crippen molar-refractivity contribution in [3.8, 4) is 23.0 Å². The normalized spacial score (nSPS) is 10.8. The molecule has 0 saturated heterocycles. The van der Waals surface area contributed by atoms with E-state index >= 15 is 0 Å². The summed E-state index contributed by atoms with van der Waals surface area (Å²) in [5, 5.41) is 4.90. The van der Waals surface area contributed by atoms with Crippen LogP contribution in [0.4, 0.5) is 0 Å². The van der Waals surface area contributed by atoms with Gasteiger partial charge in [-0.05, 0) is 64.6 Å². The Balaban J connectivity index is 1.86. The highest BCUT2D eigenvalue weighted by Gasteiger charge is 2.13. The molecule has 0 fully saturated rings. The first-order chi connectivity index (χ1) is 15.1. The quantitative estimate of drug-likeness (QED) is 0.199. The molecule has 0 aliphatic carbocycles. The number of aryl methyl sites for hydroxylation is 3. The molecule has 0 bridgehead atoms. The van der Waals surface area contributed by atoms with Crippen molar-refractivity contribution in [1.29, 1.82) is 0 Å². The molecule has 0 aliphatic heterocycles. The lowest BCUT2D eigenvalue weighted by molar-refractivity contribution is 1.30. The molecule has 0 aliphatic rings. The lowest BCUT2D eigenvalue weighted by atomic mass is 9.88. The van der Waals surface area contributed by atoms with Gasteiger partial charge in [0.25, 0.3) is 0 Å². The zero-order chi connectivity index (χ0) is 21.4. The molecule has 5 aromatic rings. The van der Waals surface area contributed by atoms with E-state index in [1.807, 2.05) is 0 Å². The van der Waals surface area contributed by atoms with Gasteiger partial charge in [0.15, 0.2) is 0 Å². The monoisotopic (exact) mass is 396 g/mol. The van der Waals surface area contributed by atoms with Crippen LogP contribution in [-0.4, -0.2) is 0 Å². The molecule has 0 heteroatoms. The molecule has 5 rings (SSSR count). The maximum Gasteiger partial charge on any atom is 0.0406 e. The van der Waals surface area contributed by atoms with Crippen LogP contribution in [0.2, 0.25) is 0 Å². The van der Waals surface area contributed by atoms with Crippen LogP contribution in [0.25, 0.3) is 32.7 Å². The Morgan fingerprint density at radius 1 is 0.484 bits per heavy atom. The summed E-state index contributed by atoms with van der Waals surface area (Å²) in [6, 6.07) is 32.4. The summed E-state index contributed by atoms with van der Waals surface area (Å²) >= 11 is 0. The molecular weight excluding hydrogens is 372 g/mol. The molecule has 0 unspecified atom stereocenters. The van der Waals surface area contributed by atoms with Gasteiger partial charge in [-0.2, -0.15) is 0 Å². The molecule has 0 saturated carbocycles. The van der Waals surface area contributed by atoms with Crippen molar-refractivity contribution in [3.05, 3.63) is 119 Å². The second-order valence-electron chi connectivity index (χ2n) is 8.23. The van der Waals surface area contributed by atoms with Crippen molar-refractivity contribution in [2.75, 3.05) is 0 Å². The number of hydrogen-bond acceptors (Lipinski definition) is 0. The Morgan fingerprint density at radius 2 is 0.935 bits per heavy atom. The lowest BCUT2D eigenvalue weighted by Crippen LogP contribution is -1.92. The fourth-order valence-electron chi connectivity index (χ4n) is 4.68. The van der Waals surface area contributed by atoms with Gasteiger partial charge in [-0.25, -0.2) is 0 Å². The first-order valence-corrected chi connectivity index (χ1v) is 10.7. The van der Waals surface area contributed by atoms with E-state index in [9.17, 15) is 0 Å². The van der Waals surface area contributed by atoms with E-state index in [1.165, 1.54) is 49.4 Å². The predicted molar refractivity (Wildman–Crippen MR) is 134 cm³/mol. The molecule has 5 aromatic carbocycles. The zero-order valence-electron chi connectivity index (χ0n) is 18.2. The first kappa shape index (κ1) is 19.2. The predicted octanol–water partition coefficient (Wildman–Crippen LogP) is 7.99. The van der Waals surface area contributed by atoms with Crippen molar-refractivity contribution in [1.82, 2.24) is 0 Å². The van der Waals surface area contributed by atoms with Crippen molar-refractivity contribution >= 4 is 21.5 Å². The van der Waals surface area contributed by atoms with Crippen molar-refractivity contribution in [3.63, 3.8) is 0 Å². The second kappa shape index (κ2) is 7.78. The molecular formula is C31H24. The van der Waals surface area contributed by atoms with Gasteiger partial charge >= 0.3 is 0 Å². The van der Waals surface area contributed by atoms with E-state index in [4.69, 9.17) is 0 Å². The highest BCUT2D eigenvalue weighted by Crippen LogP contribution is 2.38. The van der Waals surface area contributed by atoms with Crippen LogP contribution in [-0.2, 0) is 0 Å². The minimum absolute atomic E-state index is 1.10. The zero-order valence-corrected chi connectivity index (χ0v) is 18.2. The van der Waals surface area contributed by atoms with Gasteiger partial charge in [0.2, 0.25) is 0 Å². The third kappa shape index (κ3) is 3.39. The smallest absolute Gasteiger partial charge is 0.0406 e. The van der Waals surface area contributed by atoms with Crippen LogP contribution < -0.4 is 0 Å². The van der Waals surface area contributed by atoms with E-state index in [1.54, 1.807) is 0 Å². The highest BCUT2D eigenvalue weighted by atomic mass is 14.2. The van der Waals surface area contributed by atoms with Gasteiger partial charge in [-0.1, -0.05) is 108 Å². The SMILES string of the molecule is Cc1cc(C)c(C#Cc2c3ccccc3c(-c3ccccc3)c3ccccc23)c(C)c1. The summed E-state index contributed by atoms with van der Waals surface area (Å²) in [6.45, 7) is 6.44. The van der Waals surface area contributed by atoms with E-state index in [-0.39, 0.29) is 0 Å². The molecule has 0 amide bonds. The molecule has 31 heavy (non-hydrogen) atoms. The molecule has 0 spiro atoms. The fraction of sp³-hybridized carbons (Fsp3) is 0.0968. The average molecular weight is 397 g/mol. The number of hydrogen-bond donors (Lipinski definition) is 0. The van der Waals surface area contributed by atoms with Gasteiger partial charge < -0.3 is 0 Å². The molecule has 0 heterocycles. The Morgan fingerprint density at radius 3 is 1.48 bits per heavy atom. The third-order valence-corrected chi connectivity index (χ3v) is 5.98. The Labute approximate surface area is 184 Å². The molecule has 0 nitrogen and oxygen atoms in total.